The highest BCUT2D eigenvalue weighted by Crippen LogP contribution is 2.27. The minimum Gasteiger partial charge on any atom is -0.460 e. The number of nitrogens with zero attached hydrogens (tertiary/aromatic N) is 1. The second-order valence-electron chi connectivity index (χ2n) is 4.47. The van der Waals surface area contributed by atoms with E-state index < -0.39 is 0 Å². The first-order chi connectivity index (χ1) is 9.17. The van der Waals surface area contributed by atoms with Crippen molar-refractivity contribution in [2.45, 2.75) is 20.3 Å². The van der Waals surface area contributed by atoms with Crippen LogP contribution >= 0.6 is 0 Å². The van der Waals surface area contributed by atoms with Crippen molar-refractivity contribution in [3.05, 3.63) is 41.7 Å². The van der Waals surface area contributed by atoms with E-state index in [0.29, 0.717) is 6.54 Å². The fraction of sp³-hybridized carbons (Fsp3) is 0.312. The molecule has 0 fully saturated rings. The van der Waals surface area contributed by atoms with Gasteiger partial charge in [-0.05, 0) is 19.1 Å². The molecule has 0 aliphatic rings. The lowest BCUT2D eigenvalue weighted by atomic mass is 10.1. The molecule has 0 unspecified atom stereocenters. The fourth-order valence-electron chi connectivity index (χ4n) is 2.00. The lowest BCUT2D eigenvalue weighted by Gasteiger charge is -2.10. The number of hydrogen-bond acceptors (Lipinski definition) is 2. The number of amides is 1. The van der Waals surface area contributed by atoms with Gasteiger partial charge in [-0.3, -0.25) is 4.79 Å². The quantitative estimate of drug-likeness (QED) is 0.786. The summed E-state index contributed by atoms with van der Waals surface area (Å²) in [7, 11) is 1.79. The molecule has 0 saturated heterocycles. The molecule has 0 radical (unpaired) electrons. The number of fused-ring (bicyclic) bond motifs is 1. The van der Waals surface area contributed by atoms with Crippen molar-refractivity contribution in [2.75, 3.05) is 13.6 Å². The summed E-state index contributed by atoms with van der Waals surface area (Å²) in [5.41, 5.74) is 1.88. The highest BCUT2D eigenvalue weighted by atomic mass is 16.3. The van der Waals surface area contributed by atoms with Gasteiger partial charge in [0.2, 0.25) is 5.91 Å². The van der Waals surface area contributed by atoms with E-state index in [4.69, 9.17) is 4.42 Å². The summed E-state index contributed by atoms with van der Waals surface area (Å²) in [5, 5.41) is 1.06. The van der Waals surface area contributed by atoms with E-state index in [1.54, 1.807) is 18.0 Å². The molecule has 0 saturated carbocycles. The molecule has 2 rings (SSSR count). The van der Waals surface area contributed by atoms with Crippen LogP contribution in [0, 0.1) is 0 Å². The van der Waals surface area contributed by atoms with Crippen LogP contribution in [0.3, 0.4) is 0 Å². The molecule has 1 amide bonds. The smallest absolute Gasteiger partial charge is 0.246 e. The lowest BCUT2D eigenvalue weighted by Crippen LogP contribution is -2.23. The van der Waals surface area contributed by atoms with Crippen molar-refractivity contribution in [3.63, 3.8) is 0 Å². The number of benzene rings is 1. The molecule has 1 heterocycles. The van der Waals surface area contributed by atoms with Crippen molar-refractivity contribution in [3.8, 4) is 0 Å². The Hall–Kier alpha value is -2.03. The molecule has 0 bridgehead atoms. The first-order valence-electron chi connectivity index (χ1n) is 6.61. The Morgan fingerprint density at radius 2 is 2.05 bits per heavy atom. The molecule has 0 aliphatic carbocycles. The third-order valence-corrected chi connectivity index (χ3v) is 3.28. The molecule has 3 heteroatoms. The number of aryl methyl sites for hydroxylation is 1. The van der Waals surface area contributed by atoms with Gasteiger partial charge in [0.15, 0.2) is 0 Å². The maximum absolute atomic E-state index is 11.8. The van der Waals surface area contributed by atoms with E-state index in [1.165, 1.54) is 0 Å². The molecule has 1 aromatic carbocycles. The number of carbonyl (C=O) groups excluding carboxylic acids is 1. The van der Waals surface area contributed by atoms with Gasteiger partial charge in [0.25, 0.3) is 0 Å². The van der Waals surface area contributed by atoms with Crippen LogP contribution < -0.4 is 0 Å². The Labute approximate surface area is 113 Å². The Bertz CT molecular complexity index is 610. The molecule has 19 heavy (non-hydrogen) atoms. The van der Waals surface area contributed by atoms with Crippen LogP contribution in [-0.2, 0) is 11.2 Å². The van der Waals surface area contributed by atoms with Gasteiger partial charge in [-0.25, -0.2) is 0 Å². The molecule has 3 nitrogen and oxygen atoms in total. The maximum Gasteiger partial charge on any atom is 0.246 e. The normalized spacial score (nSPS) is 11.3. The molecule has 0 aliphatic heterocycles. The van der Waals surface area contributed by atoms with Gasteiger partial charge in [-0.2, -0.15) is 0 Å². The minimum atomic E-state index is 0.00911. The molecule has 2 aromatic rings. The summed E-state index contributed by atoms with van der Waals surface area (Å²) in [4.78, 5) is 13.5. The number of para-hydroxylation sites is 1. The number of hydrogen-bond donors (Lipinski definition) is 0. The number of likely N-dealkylation sites (N-methyl/N-ethyl adjacent to an activating group) is 1. The van der Waals surface area contributed by atoms with Gasteiger partial charge in [-0.1, -0.05) is 25.1 Å². The second kappa shape index (κ2) is 5.74. The predicted molar refractivity (Wildman–Crippen MR) is 77.9 cm³/mol. The van der Waals surface area contributed by atoms with Crippen LogP contribution in [-0.4, -0.2) is 24.4 Å². The zero-order valence-corrected chi connectivity index (χ0v) is 11.6. The van der Waals surface area contributed by atoms with Crippen LogP contribution in [0.1, 0.15) is 25.2 Å². The van der Waals surface area contributed by atoms with Crippen LogP contribution in [0.2, 0.25) is 0 Å². The summed E-state index contributed by atoms with van der Waals surface area (Å²) < 4.78 is 5.79. The average molecular weight is 257 g/mol. The molecule has 1 aromatic heterocycles. The fourth-order valence-corrected chi connectivity index (χ4v) is 2.00. The molecular formula is C16H19NO2. The Balaban J connectivity index is 2.39. The third kappa shape index (κ3) is 2.70. The van der Waals surface area contributed by atoms with Gasteiger partial charge in [-0.15, -0.1) is 0 Å². The topological polar surface area (TPSA) is 33.5 Å². The van der Waals surface area contributed by atoms with E-state index in [9.17, 15) is 4.79 Å². The van der Waals surface area contributed by atoms with Gasteiger partial charge < -0.3 is 9.32 Å². The Morgan fingerprint density at radius 1 is 1.32 bits per heavy atom. The number of carbonyl (C=O) groups is 1. The van der Waals surface area contributed by atoms with Gasteiger partial charge >= 0.3 is 0 Å². The van der Waals surface area contributed by atoms with E-state index in [0.717, 1.165) is 28.7 Å². The Kier molecular flexibility index (Phi) is 4.05. The number of furan rings is 1. The highest BCUT2D eigenvalue weighted by molar-refractivity contribution is 5.96. The monoisotopic (exact) mass is 257 g/mol. The molecule has 0 spiro atoms. The third-order valence-electron chi connectivity index (χ3n) is 3.28. The Morgan fingerprint density at radius 3 is 2.74 bits per heavy atom. The summed E-state index contributed by atoms with van der Waals surface area (Å²) in [6.07, 6.45) is 4.28. The minimum absolute atomic E-state index is 0.00911. The van der Waals surface area contributed by atoms with Crippen molar-refractivity contribution >= 4 is 23.0 Å². The predicted octanol–water partition coefficient (Wildman–Crippen LogP) is 3.49. The van der Waals surface area contributed by atoms with Crippen molar-refractivity contribution in [1.82, 2.24) is 4.90 Å². The van der Waals surface area contributed by atoms with Crippen LogP contribution in [0.15, 0.2) is 34.8 Å². The van der Waals surface area contributed by atoms with E-state index in [-0.39, 0.29) is 5.91 Å². The highest BCUT2D eigenvalue weighted by Gasteiger charge is 2.10. The van der Waals surface area contributed by atoms with Crippen LogP contribution in [0.4, 0.5) is 0 Å². The standard InChI is InChI=1S/C16H19NO2/c1-4-14-13(10-11-16(18)17(3)5-2)12-8-6-7-9-15(12)19-14/h6-11H,4-5H2,1-3H3/b11-10+. The van der Waals surface area contributed by atoms with Crippen LogP contribution in [0.5, 0.6) is 0 Å². The summed E-state index contributed by atoms with van der Waals surface area (Å²) in [6, 6.07) is 7.90. The van der Waals surface area contributed by atoms with Gasteiger partial charge in [0.05, 0.1) is 0 Å². The lowest BCUT2D eigenvalue weighted by molar-refractivity contribution is -0.124. The molecular weight excluding hydrogens is 238 g/mol. The zero-order valence-electron chi connectivity index (χ0n) is 11.6. The van der Waals surface area contributed by atoms with E-state index in [2.05, 4.69) is 6.92 Å². The van der Waals surface area contributed by atoms with E-state index >= 15 is 0 Å². The largest absolute Gasteiger partial charge is 0.460 e. The first kappa shape index (κ1) is 13.4. The van der Waals surface area contributed by atoms with Crippen molar-refractivity contribution in [2.24, 2.45) is 0 Å². The van der Waals surface area contributed by atoms with Gasteiger partial charge in [0, 0.05) is 37.0 Å². The maximum atomic E-state index is 11.8. The summed E-state index contributed by atoms with van der Waals surface area (Å²) in [5.74, 6) is 0.930. The number of rotatable bonds is 4. The van der Waals surface area contributed by atoms with Crippen LogP contribution in [0.25, 0.3) is 17.0 Å². The molecule has 0 atom stereocenters. The first-order valence-corrected chi connectivity index (χ1v) is 6.61. The summed E-state index contributed by atoms with van der Waals surface area (Å²) >= 11 is 0. The average Bonchev–Trinajstić information content (AvgIpc) is 2.81. The zero-order chi connectivity index (χ0) is 13.8. The van der Waals surface area contributed by atoms with Gasteiger partial charge in [0.1, 0.15) is 11.3 Å². The summed E-state index contributed by atoms with van der Waals surface area (Å²) in [6.45, 7) is 4.71. The van der Waals surface area contributed by atoms with Crippen molar-refractivity contribution < 1.29 is 9.21 Å². The molecule has 100 valence electrons. The second-order valence-corrected chi connectivity index (χ2v) is 4.47. The SMILES string of the molecule is CCc1oc2ccccc2c1/C=C/C(=O)N(C)CC. The van der Waals surface area contributed by atoms with E-state index in [1.807, 2.05) is 37.3 Å². The molecule has 0 N–H and O–H groups in total. The van der Waals surface area contributed by atoms with Crippen molar-refractivity contribution in [1.29, 1.82) is 0 Å².